The minimum atomic E-state index is 1.23. The Morgan fingerprint density at radius 1 is 0.227 bits per heavy atom. The Morgan fingerprint density at radius 3 is 1.34 bits per heavy atom. The maximum Gasteiger partial charge on any atom is -0.00262 e. The van der Waals surface area contributed by atoms with Crippen LogP contribution in [0, 0.1) is 0 Å². The third-order valence-corrected chi connectivity index (χ3v) is 9.19. The van der Waals surface area contributed by atoms with Crippen molar-refractivity contribution < 1.29 is 0 Å². The topological polar surface area (TPSA) is 0 Å². The molecule has 0 saturated carbocycles. The maximum absolute atomic E-state index is 2.44. The van der Waals surface area contributed by atoms with Crippen molar-refractivity contribution in [1.82, 2.24) is 0 Å². The van der Waals surface area contributed by atoms with Gasteiger partial charge in [-0.3, -0.25) is 0 Å². The summed E-state index contributed by atoms with van der Waals surface area (Å²) in [6, 6.07) is 62.4. The van der Waals surface area contributed by atoms with Crippen LogP contribution in [-0.2, 0) is 0 Å². The Labute approximate surface area is 256 Å². The second-order valence-electron chi connectivity index (χ2n) is 11.7. The van der Waals surface area contributed by atoms with Gasteiger partial charge in [-0.05, 0) is 112 Å². The smallest absolute Gasteiger partial charge is 0.00262 e. The van der Waals surface area contributed by atoms with Crippen molar-refractivity contribution in [2.45, 2.75) is 0 Å². The van der Waals surface area contributed by atoms with E-state index in [0.717, 1.165) is 0 Å². The minimum Gasteiger partial charge on any atom is -0.0622 e. The van der Waals surface area contributed by atoms with Crippen molar-refractivity contribution in [3.05, 3.63) is 170 Å². The van der Waals surface area contributed by atoms with Gasteiger partial charge in [-0.2, -0.15) is 0 Å². The van der Waals surface area contributed by atoms with Crippen LogP contribution in [0.2, 0.25) is 0 Å². The summed E-state index contributed by atoms with van der Waals surface area (Å²) in [5.41, 5.74) is 7.54. The third-order valence-electron chi connectivity index (χ3n) is 9.19. The van der Waals surface area contributed by atoms with Gasteiger partial charge in [0, 0.05) is 0 Å². The zero-order valence-electron chi connectivity index (χ0n) is 24.2. The molecule has 0 spiro atoms. The van der Waals surface area contributed by atoms with Crippen LogP contribution in [0.3, 0.4) is 0 Å². The third kappa shape index (κ3) is 3.85. The lowest BCUT2D eigenvalue weighted by atomic mass is 9.84. The second-order valence-corrected chi connectivity index (χ2v) is 11.7. The zero-order valence-corrected chi connectivity index (χ0v) is 24.2. The standard InChI is InChI=1S/C44H28/c1-3-13-29(14-4-1)43-36-21-11-12-22-37(36)44(30-15-5-2-6-16-30)42-28-34(23-24-38(42)43)39-27-33-19-9-10-20-35(33)40-25-31-17-7-8-18-32(31)26-41(39)40/h1-28H. The summed E-state index contributed by atoms with van der Waals surface area (Å²) in [5.74, 6) is 0. The zero-order chi connectivity index (χ0) is 29.0. The number of hydrogen-bond donors (Lipinski definition) is 0. The molecule has 44 heavy (non-hydrogen) atoms. The molecule has 0 amide bonds. The molecule has 0 aliphatic carbocycles. The Hall–Kier alpha value is -5.72. The van der Waals surface area contributed by atoms with E-state index in [1.165, 1.54) is 87.2 Å². The highest BCUT2D eigenvalue weighted by Gasteiger charge is 2.18. The first-order valence-corrected chi connectivity index (χ1v) is 15.3. The van der Waals surface area contributed by atoms with Crippen LogP contribution in [0.4, 0.5) is 0 Å². The van der Waals surface area contributed by atoms with Crippen LogP contribution in [-0.4, -0.2) is 0 Å². The van der Waals surface area contributed by atoms with E-state index in [2.05, 4.69) is 170 Å². The van der Waals surface area contributed by atoms with Crippen molar-refractivity contribution in [2.75, 3.05) is 0 Å². The van der Waals surface area contributed by atoms with Gasteiger partial charge in [0.15, 0.2) is 0 Å². The van der Waals surface area contributed by atoms with Crippen LogP contribution in [0.15, 0.2) is 170 Å². The van der Waals surface area contributed by atoms with Crippen LogP contribution >= 0.6 is 0 Å². The fraction of sp³-hybridized carbons (Fsp3) is 0. The van der Waals surface area contributed by atoms with Gasteiger partial charge in [0.1, 0.15) is 0 Å². The monoisotopic (exact) mass is 556 g/mol. The van der Waals surface area contributed by atoms with Gasteiger partial charge in [-0.1, -0.05) is 146 Å². The fourth-order valence-electron chi connectivity index (χ4n) is 7.20. The number of hydrogen-bond acceptors (Lipinski definition) is 0. The molecule has 0 fully saturated rings. The quantitative estimate of drug-likeness (QED) is 0.150. The van der Waals surface area contributed by atoms with E-state index in [4.69, 9.17) is 0 Å². The largest absolute Gasteiger partial charge is 0.0622 e. The van der Waals surface area contributed by atoms with E-state index in [9.17, 15) is 0 Å². The maximum atomic E-state index is 2.44. The highest BCUT2D eigenvalue weighted by molar-refractivity contribution is 6.23. The molecule has 0 aliphatic heterocycles. The second kappa shape index (κ2) is 9.93. The van der Waals surface area contributed by atoms with Gasteiger partial charge in [-0.25, -0.2) is 0 Å². The molecule has 0 aromatic heterocycles. The molecule has 0 heteroatoms. The van der Waals surface area contributed by atoms with E-state index < -0.39 is 0 Å². The van der Waals surface area contributed by atoms with E-state index in [1.54, 1.807) is 0 Å². The lowest BCUT2D eigenvalue weighted by molar-refractivity contribution is 1.64. The number of rotatable bonds is 3. The molecule has 0 atom stereocenters. The van der Waals surface area contributed by atoms with Crippen LogP contribution < -0.4 is 0 Å². The summed E-state index contributed by atoms with van der Waals surface area (Å²) in [6.45, 7) is 0. The van der Waals surface area contributed by atoms with Gasteiger partial charge < -0.3 is 0 Å². The molecule has 9 rings (SSSR count). The molecule has 0 unspecified atom stereocenters. The van der Waals surface area contributed by atoms with E-state index in [-0.39, 0.29) is 0 Å². The van der Waals surface area contributed by atoms with Crippen LogP contribution in [0.25, 0.3) is 87.2 Å². The molecular weight excluding hydrogens is 528 g/mol. The average molecular weight is 557 g/mol. The number of fused-ring (bicyclic) bond motifs is 6. The predicted octanol–water partition coefficient (Wildman–Crippen LogP) is 12.5. The van der Waals surface area contributed by atoms with Crippen molar-refractivity contribution in [2.24, 2.45) is 0 Å². The molecule has 204 valence electrons. The summed E-state index contributed by atoms with van der Waals surface area (Å²) >= 11 is 0. The molecule has 0 nitrogen and oxygen atoms in total. The van der Waals surface area contributed by atoms with Crippen LogP contribution in [0.5, 0.6) is 0 Å². The first kappa shape index (κ1) is 24.8. The Bertz CT molecular complexity index is 2520. The minimum absolute atomic E-state index is 1.23. The van der Waals surface area contributed by atoms with E-state index in [0.29, 0.717) is 0 Å². The van der Waals surface area contributed by atoms with E-state index >= 15 is 0 Å². The van der Waals surface area contributed by atoms with Gasteiger partial charge in [0.05, 0.1) is 0 Å². The van der Waals surface area contributed by atoms with Crippen molar-refractivity contribution in [1.29, 1.82) is 0 Å². The van der Waals surface area contributed by atoms with Gasteiger partial charge >= 0.3 is 0 Å². The summed E-state index contributed by atoms with van der Waals surface area (Å²) in [7, 11) is 0. The van der Waals surface area contributed by atoms with Gasteiger partial charge in [-0.15, -0.1) is 0 Å². The molecule has 9 aromatic carbocycles. The Kier molecular flexibility index (Phi) is 5.61. The summed E-state index contributed by atoms with van der Waals surface area (Å²) in [5, 5.41) is 12.8. The highest BCUT2D eigenvalue weighted by atomic mass is 14.2. The van der Waals surface area contributed by atoms with Crippen molar-refractivity contribution in [3.63, 3.8) is 0 Å². The summed E-state index contributed by atoms with van der Waals surface area (Å²) in [4.78, 5) is 0. The SMILES string of the molecule is c1ccc(-c2c3ccccc3c(-c3ccccc3)c3cc(-c4cc5ccccc5c5cc6ccccc6cc45)ccc23)cc1. The van der Waals surface area contributed by atoms with E-state index in [1.807, 2.05) is 0 Å². The van der Waals surface area contributed by atoms with Gasteiger partial charge in [0.2, 0.25) is 0 Å². The summed E-state index contributed by atoms with van der Waals surface area (Å²) < 4.78 is 0. The molecule has 0 radical (unpaired) electrons. The number of benzene rings is 9. The first-order chi connectivity index (χ1) is 21.8. The molecule has 0 bridgehead atoms. The van der Waals surface area contributed by atoms with Crippen LogP contribution in [0.1, 0.15) is 0 Å². The first-order valence-electron chi connectivity index (χ1n) is 15.3. The average Bonchev–Trinajstić information content (AvgIpc) is 3.10. The lowest BCUT2D eigenvalue weighted by Gasteiger charge is -2.19. The Balaban J connectivity index is 1.44. The molecule has 0 N–H and O–H groups in total. The van der Waals surface area contributed by atoms with Gasteiger partial charge in [0.25, 0.3) is 0 Å². The lowest BCUT2D eigenvalue weighted by Crippen LogP contribution is -1.92. The molecule has 9 aromatic rings. The Morgan fingerprint density at radius 2 is 0.705 bits per heavy atom. The molecule has 0 aliphatic rings. The normalized spacial score (nSPS) is 11.6. The summed E-state index contributed by atoms with van der Waals surface area (Å²) in [6.07, 6.45) is 0. The highest BCUT2D eigenvalue weighted by Crippen LogP contribution is 2.46. The van der Waals surface area contributed by atoms with Crippen molar-refractivity contribution >= 4 is 53.9 Å². The fourth-order valence-corrected chi connectivity index (χ4v) is 7.20. The predicted molar refractivity (Wildman–Crippen MR) is 190 cm³/mol. The molecular formula is C44H28. The molecule has 0 heterocycles. The van der Waals surface area contributed by atoms with Crippen molar-refractivity contribution in [3.8, 4) is 33.4 Å². The molecule has 0 saturated heterocycles.